The summed E-state index contributed by atoms with van der Waals surface area (Å²) in [5.41, 5.74) is 0. The van der Waals surface area contributed by atoms with Crippen LogP contribution in [0.1, 0.15) is 0 Å². The van der Waals surface area contributed by atoms with Gasteiger partial charge in [-0.2, -0.15) is 5.26 Å². The van der Waals surface area contributed by atoms with Gasteiger partial charge in [0, 0.05) is 119 Å². The van der Waals surface area contributed by atoms with Crippen molar-refractivity contribution in [3.63, 3.8) is 0 Å². The first-order valence-corrected chi connectivity index (χ1v) is 0.447. The second-order valence-corrected chi connectivity index (χ2v) is 0.100. The van der Waals surface area contributed by atoms with Gasteiger partial charge in [0.2, 0.25) is 0 Å². The van der Waals surface area contributed by atoms with Crippen LogP contribution in [-0.4, -0.2) is 5.11 Å². The minimum absolute atomic E-state index is 0. The smallest absolute Gasteiger partial charge is 0.283 e. The van der Waals surface area contributed by atoms with Crippen molar-refractivity contribution >= 4 is 0 Å². The topological polar surface area (TPSA) is 44.0 Å². The van der Waals surface area contributed by atoms with Crippen molar-refractivity contribution in [3.8, 4) is 6.26 Å². The number of nitriles is 1. The van der Waals surface area contributed by atoms with Gasteiger partial charge in [0.1, 0.15) is 0 Å². The Balaban J connectivity index is -0.000000000952. The minimum atomic E-state index is 0. The van der Waals surface area contributed by atoms with Gasteiger partial charge in [-0.1, -0.05) is 0 Å². The van der Waals surface area contributed by atoms with E-state index in [2.05, 4.69) is 0 Å². The quantitative estimate of drug-likeness (QED) is 0.423. The van der Waals surface area contributed by atoms with E-state index in [1.54, 1.807) is 0 Å². The van der Waals surface area contributed by atoms with Crippen molar-refractivity contribution in [2.45, 2.75) is 0 Å². The molecule has 0 spiro atoms. The zero-order valence-corrected chi connectivity index (χ0v) is 11.5. The normalized spacial score (nSPS) is 0.700. The largest absolute Gasteiger partial charge is 0.443 e. The van der Waals surface area contributed by atoms with Crippen LogP contribution in [0.3, 0.4) is 0 Å². The number of rotatable bonds is 0. The molecule has 2 nitrogen and oxygen atoms in total. The third kappa shape index (κ3) is 126. The van der Waals surface area contributed by atoms with Gasteiger partial charge in [0.15, 0.2) is 0 Å². The monoisotopic (exact) mass is 438 g/mol. The molecule has 1 N–H and O–H groups in total. The van der Waals surface area contributed by atoms with Crippen molar-refractivity contribution in [2.24, 2.45) is 0 Å². The Morgan fingerprint density at radius 2 is 0.800 bits per heavy atom. The van der Waals surface area contributed by atoms with E-state index in [9.17, 15) is 0 Å². The van der Waals surface area contributed by atoms with E-state index in [1.807, 2.05) is 0 Å². The van der Waals surface area contributed by atoms with Crippen molar-refractivity contribution in [3.05, 3.63) is 0 Å². The number of aliphatic hydroxyl groups excluding tert-OH is 1. The van der Waals surface area contributed by atoms with E-state index in [-0.39, 0.29) is 119 Å². The van der Waals surface area contributed by atoms with Gasteiger partial charge >= 0.3 is 0 Å². The molecule has 0 aliphatic rings. The average molecular weight is 437 g/mol. The molecule has 9 heteroatoms. The van der Waals surface area contributed by atoms with Gasteiger partial charge in [0.25, 0.3) is 6.26 Å². The van der Waals surface area contributed by atoms with Crippen LogP contribution in [0.25, 0.3) is 0 Å². The molecule has 0 bridgehead atoms. The number of hydrogen-bond donors (Lipinski definition) is 1. The van der Waals surface area contributed by atoms with Gasteiger partial charge in [-0.3, -0.25) is 0 Å². The molecule has 0 heterocycles. The van der Waals surface area contributed by atoms with E-state index in [0.717, 1.165) is 6.26 Å². The summed E-state index contributed by atoms with van der Waals surface area (Å²) < 4.78 is 0. The van der Waals surface area contributed by atoms with Crippen LogP contribution < -0.4 is 0 Å². The van der Waals surface area contributed by atoms with Gasteiger partial charge in [-0.05, 0) is 0 Å². The molecule has 0 aromatic rings. The van der Waals surface area contributed by atoms with Crippen LogP contribution in [0.15, 0.2) is 0 Å². The number of hydrogen-bond acceptors (Lipinski definition) is 2. The zero-order valence-electron chi connectivity index (χ0n) is 3.85. The zero-order chi connectivity index (χ0) is 2.71. The predicted octanol–water partition coefficient (Wildman–Crippen LogP) is -0.178. The van der Waals surface area contributed by atoms with E-state index in [4.69, 9.17) is 10.4 Å². The molecule has 0 fully saturated rings. The second-order valence-electron chi connectivity index (χ2n) is 0.100. The van der Waals surface area contributed by atoms with Crippen molar-refractivity contribution in [1.29, 1.82) is 5.26 Å². The van der Waals surface area contributed by atoms with E-state index < -0.39 is 0 Å². The van der Waals surface area contributed by atoms with Crippen LogP contribution in [0.2, 0.25) is 0 Å². The first-order valence-electron chi connectivity index (χ1n) is 0.447. The first kappa shape index (κ1) is 75.9. The molecule has 0 rings (SSSR count). The molecule has 10 heavy (non-hydrogen) atoms. The Hall–Kier alpha value is 2.91. The maximum atomic E-state index is 6.88. The average Bonchev–Trinajstić information content (AvgIpc) is 0.918. The molecular weight excluding hydrogens is 436 g/mol. The fraction of sp³-hybridized carbons (Fsp3) is 0. The maximum Gasteiger partial charge on any atom is 0.283 e. The SMILES string of the molecule is N#CO.[Co].[Fe].[Fe].[Fe].[Fe].[Fe].[Fe]. The second kappa shape index (κ2) is 92.7. The molecule has 73 valence electrons. The minimum Gasteiger partial charge on any atom is -0.443 e. The fourth-order valence-electron chi connectivity index (χ4n) is 0. The first-order chi connectivity index (χ1) is 1.41. The van der Waals surface area contributed by atoms with E-state index >= 15 is 0 Å². The van der Waals surface area contributed by atoms with E-state index in [1.165, 1.54) is 0 Å². The van der Waals surface area contributed by atoms with Gasteiger partial charge in [-0.15, -0.1) is 0 Å². The van der Waals surface area contributed by atoms with Crippen LogP contribution in [0.4, 0.5) is 0 Å². The Morgan fingerprint density at radius 3 is 0.800 bits per heavy atom. The Labute approximate surface area is 134 Å². The summed E-state index contributed by atoms with van der Waals surface area (Å²) in [5.74, 6) is 0. The molecule has 0 aromatic carbocycles. The Bertz CT molecular complexity index is 39.2. The Morgan fingerprint density at radius 1 is 0.800 bits per heavy atom. The predicted molar refractivity (Wildman–Crippen MR) is 7.55 cm³/mol. The van der Waals surface area contributed by atoms with Crippen molar-refractivity contribution in [2.75, 3.05) is 0 Å². The molecule has 0 saturated carbocycles. The van der Waals surface area contributed by atoms with Gasteiger partial charge in [0.05, 0.1) is 0 Å². The fourth-order valence-corrected chi connectivity index (χ4v) is 0. The molecule has 0 aromatic heterocycles. The third-order valence-electron chi connectivity index (χ3n) is 0. The molecule has 0 aliphatic carbocycles. The van der Waals surface area contributed by atoms with Crippen LogP contribution in [-0.2, 0) is 119 Å². The number of nitrogens with zero attached hydrogens (tertiary/aromatic N) is 1. The summed E-state index contributed by atoms with van der Waals surface area (Å²) in [6.07, 6.45) is 0.750. The van der Waals surface area contributed by atoms with Gasteiger partial charge < -0.3 is 5.11 Å². The molecule has 0 atom stereocenters. The molecule has 0 aliphatic heterocycles. The van der Waals surface area contributed by atoms with E-state index in [0.29, 0.717) is 0 Å². The summed E-state index contributed by atoms with van der Waals surface area (Å²) in [6, 6.07) is 0. The molecular formula is CHCoFe6NO. The summed E-state index contributed by atoms with van der Waals surface area (Å²) in [6.45, 7) is 0. The summed E-state index contributed by atoms with van der Waals surface area (Å²) >= 11 is 0. The summed E-state index contributed by atoms with van der Waals surface area (Å²) in [5, 5.41) is 13.8. The maximum absolute atomic E-state index is 6.88. The summed E-state index contributed by atoms with van der Waals surface area (Å²) in [7, 11) is 0. The van der Waals surface area contributed by atoms with Crippen LogP contribution in [0.5, 0.6) is 0 Å². The van der Waals surface area contributed by atoms with Crippen LogP contribution >= 0.6 is 0 Å². The van der Waals surface area contributed by atoms with Crippen molar-refractivity contribution in [1.82, 2.24) is 0 Å². The standard InChI is InChI=1S/CHNO.Co.6Fe/c2-1-3;;;;;;;/h3H;;;;;;;. The van der Waals surface area contributed by atoms with Gasteiger partial charge in [-0.25, -0.2) is 0 Å². The summed E-state index contributed by atoms with van der Waals surface area (Å²) in [4.78, 5) is 0. The van der Waals surface area contributed by atoms with Crippen molar-refractivity contribution < 1.29 is 124 Å². The van der Waals surface area contributed by atoms with Crippen LogP contribution in [0, 0.1) is 11.5 Å². The molecule has 0 saturated heterocycles. The third-order valence-corrected chi connectivity index (χ3v) is 0. The molecule has 0 unspecified atom stereocenters. The molecule has 1 radical (unpaired) electrons. The number of aliphatic hydroxyl groups is 1. The Kier molecular flexibility index (Phi) is 703. The molecule has 0 amide bonds.